The van der Waals surface area contributed by atoms with Crippen molar-refractivity contribution in [3.8, 4) is 0 Å². The van der Waals surface area contributed by atoms with Crippen LogP contribution in [0.1, 0.15) is 38.9 Å². The van der Waals surface area contributed by atoms with Crippen molar-refractivity contribution >= 4 is 30.0 Å². The van der Waals surface area contributed by atoms with E-state index in [9.17, 15) is 4.79 Å². The van der Waals surface area contributed by atoms with E-state index in [4.69, 9.17) is 4.43 Å². The molecule has 2 atom stereocenters. The lowest BCUT2D eigenvalue weighted by atomic mass is 9.80. The van der Waals surface area contributed by atoms with E-state index >= 15 is 0 Å². The fourth-order valence-corrected chi connectivity index (χ4v) is 3.38. The van der Waals surface area contributed by atoms with Crippen LogP contribution in [0.15, 0.2) is 16.9 Å². The maximum absolute atomic E-state index is 11.9. The molecule has 0 N–H and O–H groups in total. The van der Waals surface area contributed by atoms with Gasteiger partial charge < -0.3 is 4.43 Å². The molecule has 2 rings (SSSR count). The van der Waals surface area contributed by atoms with Gasteiger partial charge in [0, 0.05) is 18.8 Å². The average Bonchev–Trinajstić information content (AvgIpc) is 2.33. The summed E-state index contributed by atoms with van der Waals surface area (Å²) in [6.45, 7) is 10.9. The van der Waals surface area contributed by atoms with Crippen molar-refractivity contribution in [2.45, 2.75) is 57.3 Å². The zero-order valence-corrected chi connectivity index (χ0v) is 15.2. The van der Waals surface area contributed by atoms with E-state index in [0.29, 0.717) is 12.2 Å². The van der Waals surface area contributed by atoms with Crippen LogP contribution >= 0.6 is 15.9 Å². The molecule has 1 aromatic rings. The normalized spacial score (nSPS) is 23.6. The van der Waals surface area contributed by atoms with Crippen LogP contribution in [-0.2, 0) is 9.22 Å². The lowest BCUT2D eigenvalue weighted by Gasteiger charge is -2.44. The monoisotopic (exact) mass is 356 g/mol. The highest BCUT2D eigenvalue weighted by molar-refractivity contribution is 9.10. The molecule has 2 unspecified atom stereocenters. The number of carbonyl (C=O) groups is 1. The van der Waals surface area contributed by atoms with E-state index in [0.717, 1.165) is 4.47 Å². The Hall–Kier alpha value is -0.593. The first kappa shape index (κ1) is 15.8. The van der Waals surface area contributed by atoms with Crippen LogP contribution in [0.3, 0.4) is 0 Å². The SMILES string of the molecule is CC(C)(C)[Si](C)(C)OC1C(=O)CC1c1ncc(Br)cn1. The molecule has 1 fully saturated rings. The van der Waals surface area contributed by atoms with Gasteiger partial charge in [-0.25, -0.2) is 9.97 Å². The average molecular weight is 357 g/mol. The predicted molar refractivity (Wildman–Crippen MR) is 84.2 cm³/mol. The lowest BCUT2D eigenvalue weighted by molar-refractivity contribution is -0.136. The molecule has 0 aromatic carbocycles. The predicted octanol–water partition coefficient (Wildman–Crippen LogP) is 3.69. The van der Waals surface area contributed by atoms with Gasteiger partial charge in [-0.3, -0.25) is 4.79 Å². The third-order valence-corrected chi connectivity index (χ3v) is 9.17. The van der Waals surface area contributed by atoms with Gasteiger partial charge in [-0.2, -0.15) is 0 Å². The van der Waals surface area contributed by atoms with Gasteiger partial charge in [0.15, 0.2) is 14.1 Å². The molecule has 20 heavy (non-hydrogen) atoms. The largest absolute Gasteiger partial charge is 0.406 e. The van der Waals surface area contributed by atoms with E-state index < -0.39 is 8.32 Å². The Balaban J connectivity index is 2.15. The maximum Gasteiger partial charge on any atom is 0.193 e. The summed E-state index contributed by atoms with van der Waals surface area (Å²) in [5, 5.41) is 0.0913. The van der Waals surface area contributed by atoms with Crippen molar-refractivity contribution < 1.29 is 9.22 Å². The summed E-state index contributed by atoms with van der Waals surface area (Å²) >= 11 is 3.32. The zero-order chi connectivity index (χ0) is 15.1. The fraction of sp³-hybridized carbons (Fsp3) is 0.643. The molecule has 0 radical (unpaired) electrons. The molecule has 1 aromatic heterocycles. The van der Waals surface area contributed by atoms with Crippen LogP contribution in [0.25, 0.3) is 0 Å². The molecular formula is C14H21BrN2O2Si. The second-order valence-electron chi connectivity index (χ2n) is 6.84. The highest BCUT2D eigenvalue weighted by Gasteiger charge is 2.49. The minimum absolute atomic E-state index is 0.00437. The number of halogens is 1. The zero-order valence-electron chi connectivity index (χ0n) is 12.6. The van der Waals surface area contributed by atoms with Crippen LogP contribution in [-0.4, -0.2) is 30.2 Å². The summed E-state index contributed by atoms with van der Waals surface area (Å²) in [5.41, 5.74) is 0. The molecule has 1 saturated carbocycles. The second-order valence-corrected chi connectivity index (χ2v) is 12.5. The smallest absolute Gasteiger partial charge is 0.193 e. The van der Waals surface area contributed by atoms with Gasteiger partial charge in [-0.05, 0) is 34.1 Å². The van der Waals surface area contributed by atoms with Gasteiger partial charge in [-0.15, -0.1) is 0 Å². The first-order valence-corrected chi connectivity index (χ1v) is 10.5. The van der Waals surface area contributed by atoms with Gasteiger partial charge in [0.25, 0.3) is 0 Å². The molecular weight excluding hydrogens is 336 g/mol. The van der Waals surface area contributed by atoms with E-state index in [1.54, 1.807) is 12.4 Å². The second kappa shape index (κ2) is 5.31. The molecule has 1 aliphatic carbocycles. The number of ketones is 1. The number of carbonyl (C=O) groups excluding carboxylic acids is 1. The third-order valence-electron chi connectivity index (χ3n) is 4.30. The van der Waals surface area contributed by atoms with Crippen LogP contribution in [0.2, 0.25) is 18.1 Å². The Morgan fingerprint density at radius 3 is 2.30 bits per heavy atom. The highest BCUT2D eigenvalue weighted by atomic mass is 79.9. The molecule has 0 amide bonds. The van der Waals surface area contributed by atoms with Gasteiger partial charge >= 0.3 is 0 Å². The number of aromatic nitrogens is 2. The summed E-state index contributed by atoms with van der Waals surface area (Å²) < 4.78 is 7.09. The van der Waals surface area contributed by atoms with Crippen LogP contribution in [0.4, 0.5) is 0 Å². The van der Waals surface area contributed by atoms with E-state index in [1.807, 2.05) is 0 Å². The molecule has 1 heterocycles. The first-order valence-electron chi connectivity index (χ1n) is 6.80. The van der Waals surface area contributed by atoms with E-state index in [1.165, 1.54) is 0 Å². The minimum Gasteiger partial charge on any atom is -0.406 e. The van der Waals surface area contributed by atoms with Crippen LogP contribution in [0, 0.1) is 0 Å². The molecule has 0 spiro atoms. The van der Waals surface area contributed by atoms with Crippen molar-refractivity contribution in [3.05, 3.63) is 22.7 Å². The van der Waals surface area contributed by atoms with Gasteiger partial charge in [0.05, 0.1) is 10.4 Å². The highest BCUT2D eigenvalue weighted by Crippen LogP contribution is 2.43. The number of rotatable bonds is 3. The Kier molecular flexibility index (Phi) is 4.19. The summed E-state index contributed by atoms with van der Waals surface area (Å²) in [6.07, 6.45) is 3.56. The van der Waals surface area contributed by atoms with Gasteiger partial charge in [0.1, 0.15) is 11.9 Å². The van der Waals surface area contributed by atoms with Gasteiger partial charge in [-0.1, -0.05) is 20.8 Å². The Morgan fingerprint density at radius 1 is 1.30 bits per heavy atom. The van der Waals surface area contributed by atoms with Crippen molar-refractivity contribution in [2.24, 2.45) is 0 Å². The van der Waals surface area contributed by atoms with Crippen molar-refractivity contribution in [2.75, 3.05) is 0 Å². The molecule has 6 heteroatoms. The number of hydrogen-bond donors (Lipinski definition) is 0. The summed E-state index contributed by atoms with van der Waals surface area (Å²) in [7, 11) is -1.95. The summed E-state index contributed by atoms with van der Waals surface area (Å²) in [4.78, 5) is 20.5. The van der Waals surface area contributed by atoms with Crippen molar-refractivity contribution in [3.63, 3.8) is 0 Å². The molecule has 110 valence electrons. The fourth-order valence-electron chi connectivity index (χ4n) is 1.89. The number of Topliss-reactive ketones (excluding diaryl/α,β-unsaturated/α-hetero) is 1. The molecule has 0 saturated heterocycles. The van der Waals surface area contributed by atoms with Crippen LogP contribution < -0.4 is 0 Å². The molecule has 1 aliphatic rings. The van der Waals surface area contributed by atoms with Crippen molar-refractivity contribution in [1.82, 2.24) is 9.97 Å². The Labute approximate surface area is 129 Å². The lowest BCUT2D eigenvalue weighted by Crippen LogP contribution is -2.53. The topological polar surface area (TPSA) is 52.1 Å². The Bertz CT molecular complexity index is 511. The first-order chi connectivity index (χ1) is 9.12. The van der Waals surface area contributed by atoms with Crippen molar-refractivity contribution in [1.29, 1.82) is 0 Å². The quantitative estimate of drug-likeness (QED) is 0.775. The molecule has 4 nitrogen and oxygen atoms in total. The standard InChI is InChI=1S/C14H21BrN2O2Si/c1-14(2,3)20(4,5)19-12-10(6-11(12)18)13-16-7-9(15)8-17-13/h7-8,10,12H,6H2,1-5H3. The van der Waals surface area contributed by atoms with Gasteiger partial charge in [0.2, 0.25) is 0 Å². The minimum atomic E-state index is -1.95. The Morgan fingerprint density at radius 2 is 1.85 bits per heavy atom. The number of hydrogen-bond acceptors (Lipinski definition) is 4. The third kappa shape index (κ3) is 3.02. The van der Waals surface area contributed by atoms with E-state index in [2.05, 4.69) is 59.8 Å². The molecule has 0 bridgehead atoms. The maximum atomic E-state index is 11.9. The van der Waals surface area contributed by atoms with Crippen LogP contribution in [0.5, 0.6) is 0 Å². The molecule has 0 aliphatic heterocycles. The summed E-state index contributed by atoms with van der Waals surface area (Å²) in [6, 6.07) is 0. The number of nitrogens with zero attached hydrogens (tertiary/aromatic N) is 2. The summed E-state index contributed by atoms with van der Waals surface area (Å²) in [5.74, 6) is 0.882. The van der Waals surface area contributed by atoms with E-state index in [-0.39, 0.29) is 22.8 Å².